The van der Waals surface area contributed by atoms with Crippen LogP contribution in [-0.4, -0.2) is 25.5 Å². The van der Waals surface area contributed by atoms with Gasteiger partial charge in [-0.2, -0.15) is 0 Å². The first-order valence-electron chi connectivity index (χ1n) is 4.88. The SMILES string of the molecule is CC(NS(=O)(=O)Cc1c(Cl)cccc1Cl)C(=O)O. The predicted molar refractivity (Wildman–Crippen MR) is 69.3 cm³/mol. The van der Waals surface area contributed by atoms with Crippen LogP contribution in [0.2, 0.25) is 10.0 Å². The van der Waals surface area contributed by atoms with Crippen LogP contribution < -0.4 is 4.72 Å². The molecule has 1 unspecified atom stereocenters. The molecule has 100 valence electrons. The van der Waals surface area contributed by atoms with E-state index in [0.717, 1.165) is 0 Å². The Morgan fingerprint density at radius 2 is 1.89 bits per heavy atom. The molecule has 1 rings (SSSR count). The number of rotatable bonds is 5. The molecular weight excluding hydrogens is 301 g/mol. The Balaban J connectivity index is 2.93. The second-order valence-electron chi connectivity index (χ2n) is 3.64. The number of hydrogen-bond donors (Lipinski definition) is 2. The van der Waals surface area contributed by atoms with Gasteiger partial charge in [0.2, 0.25) is 10.0 Å². The fourth-order valence-electron chi connectivity index (χ4n) is 1.22. The standard InChI is InChI=1S/C10H11Cl2NO4S/c1-6(10(14)15)13-18(16,17)5-7-8(11)3-2-4-9(7)12/h2-4,6,13H,5H2,1H3,(H,14,15). The molecule has 2 N–H and O–H groups in total. The van der Waals surface area contributed by atoms with Gasteiger partial charge in [0.15, 0.2) is 0 Å². The van der Waals surface area contributed by atoms with Gasteiger partial charge in [0.25, 0.3) is 0 Å². The summed E-state index contributed by atoms with van der Waals surface area (Å²) in [5, 5.41) is 9.08. The Bertz CT molecular complexity index is 539. The Hall–Kier alpha value is -0.820. The Kier molecular flexibility index (Phi) is 4.98. The zero-order valence-corrected chi connectivity index (χ0v) is 11.7. The summed E-state index contributed by atoms with van der Waals surface area (Å²) in [6.07, 6.45) is 0. The largest absolute Gasteiger partial charge is 0.480 e. The fraction of sp³-hybridized carbons (Fsp3) is 0.300. The molecule has 0 aromatic heterocycles. The number of aliphatic carboxylic acids is 1. The molecule has 1 aromatic carbocycles. The van der Waals surface area contributed by atoms with E-state index in [0.29, 0.717) is 0 Å². The van der Waals surface area contributed by atoms with Gasteiger partial charge in [-0.1, -0.05) is 29.3 Å². The van der Waals surface area contributed by atoms with Crippen LogP contribution in [0.3, 0.4) is 0 Å². The second kappa shape index (κ2) is 5.88. The minimum Gasteiger partial charge on any atom is -0.480 e. The topological polar surface area (TPSA) is 83.5 Å². The Morgan fingerprint density at radius 1 is 1.39 bits per heavy atom. The summed E-state index contributed by atoms with van der Waals surface area (Å²) in [6.45, 7) is 1.23. The maximum atomic E-state index is 11.7. The van der Waals surface area contributed by atoms with Crippen molar-refractivity contribution < 1.29 is 18.3 Å². The number of nitrogens with one attached hydrogen (secondary N) is 1. The minimum absolute atomic E-state index is 0.218. The van der Waals surface area contributed by atoms with Crippen molar-refractivity contribution in [3.63, 3.8) is 0 Å². The van der Waals surface area contributed by atoms with Crippen molar-refractivity contribution in [3.05, 3.63) is 33.8 Å². The summed E-state index contributed by atoms with van der Waals surface area (Å²) in [4.78, 5) is 10.6. The molecule has 0 radical (unpaired) electrons. The van der Waals surface area contributed by atoms with E-state index in [-0.39, 0.29) is 15.6 Å². The smallest absolute Gasteiger partial charge is 0.321 e. The molecule has 0 saturated carbocycles. The van der Waals surface area contributed by atoms with Gasteiger partial charge in [-0.25, -0.2) is 13.1 Å². The number of sulfonamides is 1. The van der Waals surface area contributed by atoms with Crippen LogP contribution in [0, 0.1) is 0 Å². The van der Waals surface area contributed by atoms with Crippen molar-refractivity contribution in [2.24, 2.45) is 0 Å². The molecule has 0 fully saturated rings. The van der Waals surface area contributed by atoms with Gasteiger partial charge in [0.05, 0.1) is 5.75 Å². The molecule has 0 aliphatic heterocycles. The lowest BCUT2D eigenvalue weighted by molar-refractivity contribution is -0.138. The minimum atomic E-state index is -3.82. The molecule has 0 spiro atoms. The van der Waals surface area contributed by atoms with Crippen molar-refractivity contribution in [3.8, 4) is 0 Å². The summed E-state index contributed by atoms with van der Waals surface area (Å²) < 4.78 is 25.5. The van der Waals surface area contributed by atoms with Gasteiger partial charge in [-0.15, -0.1) is 0 Å². The first-order valence-corrected chi connectivity index (χ1v) is 7.29. The molecule has 18 heavy (non-hydrogen) atoms. The molecule has 0 bridgehead atoms. The summed E-state index contributed by atoms with van der Waals surface area (Å²) in [5.74, 6) is -1.73. The van der Waals surface area contributed by atoms with E-state index in [2.05, 4.69) is 0 Å². The van der Waals surface area contributed by atoms with Crippen molar-refractivity contribution in [2.45, 2.75) is 18.7 Å². The fourth-order valence-corrected chi connectivity index (χ4v) is 3.33. The quantitative estimate of drug-likeness (QED) is 0.869. The van der Waals surface area contributed by atoms with Crippen LogP contribution in [0.1, 0.15) is 12.5 Å². The second-order valence-corrected chi connectivity index (χ2v) is 6.21. The number of halogens is 2. The maximum absolute atomic E-state index is 11.7. The summed E-state index contributed by atoms with van der Waals surface area (Å²) in [5.41, 5.74) is 0.242. The lowest BCUT2D eigenvalue weighted by Gasteiger charge is -2.11. The lowest BCUT2D eigenvalue weighted by Crippen LogP contribution is -2.39. The highest BCUT2D eigenvalue weighted by Gasteiger charge is 2.21. The highest BCUT2D eigenvalue weighted by molar-refractivity contribution is 7.88. The van der Waals surface area contributed by atoms with E-state index in [1.807, 2.05) is 4.72 Å². The van der Waals surface area contributed by atoms with E-state index in [1.165, 1.54) is 19.1 Å². The van der Waals surface area contributed by atoms with E-state index in [9.17, 15) is 13.2 Å². The summed E-state index contributed by atoms with van der Waals surface area (Å²) in [7, 11) is -3.82. The summed E-state index contributed by atoms with van der Waals surface area (Å²) in [6, 6.07) is 3.41. The molecular formula is C10H11Cl2NO4S. The van der Waals surface area contributed by atoms with Gasteiger partial charge < -0.3 is 5.11 Å². The number of benzene rings is 1. The molecule has 8 heteroatoms. The van der Waals surface area contributed by atoms with Gasteiger partial charge >= 0.3 is 5.97 Å². The highest BCUT2D eigenvalue weighted by Crippen LogP contribution is 2.25. The molecule has 0 amide bonds. The third-order valence-corrected chi connectivity index (χ3v) is 4.21. The van der Waals surface area contributed by atoms with Gasteiger partial charge in [0.1, 0.15) is 6.04 Å². The number of carbonyl (C=O) groups is 1. The zero-order valence-electron chi connectivity index (χ0n) is 9.35. The average molecular weight is 312 g/mol. The van der Waals surface area contributed by atoms with Crippen LogP contribution >= 0.6 is 23.2 Å². The number of carboxylic acid groups (broad SMARTS) is 1. The highest BCUT2D eigenvalue weighted by atomic mass is 35.5. The monoisotopic (exact) mass is 311 g/mol. The van der Waals surface area contributed by atoms with Crippen LogP contribution in [0.4, 0.5) is 0 Å². The third-order valence-electron chi connectivity index (χ3n) is 2.12. The Morgan fingerprint density at radius 3 is 2.33 bits per heavy atom. The van der Waals surface area contributed by atoms with Crippen LogP contribution in [0.15, 0.2) is 18.2 Å². The average Bonchev–Trinajstić information content (AvgIpc) is 2.23. The van der Waals surface area contributed by atoms with Gasteiger partial charge in [0, 0.05) is 15.6 Å². The molecule has 1 aromatic rings. The molecule has 5 nitrogen and oxygen atoms in total. The van der Waals surface area contributed by atoms with Gasteiger partial charge in [-0.05, 0) is 19.1 Å². The number of carboxylic acids is 1. The van der Waals surface area contributed by atoms with E-state index in [4.69, 9.17) is 28.3 Å². The van der Waals surface area contributed by atoms with E-state index < -0.39 is 27.8 Å². The molecule has 1 atom stereocenters. The number of hydrogen-bond acceptors (Lipinski definition) is 3. The first-order chi connectivity index (χ1) is 8.23. The van der Waals surface area contributed by atoms with Crippen LogP contribution in [0.25, 0.3) is 0 Å². The first kappa shape index (κ1) is 15.2. The van der Waals surface area contributed by atoms with Crippen molar-refractivity contribution in [1.29, 1.82) is 0 Å². The van der Waals surface area contributed by atoms with E-state index in [1.54, 1.807) is 6.07 Å². The van der Waals surface area contributed by atoms with Gasteiger partial charge in [-0.3, -0.25) is 4.79 Å². The van der Waals surface area contributed by atoms with Crippen molar-refractivity contribution >= 4 is 39.2 Å². The maximum Gasteiger partial charge on any atom is 0.321 e. The van der Waals surface area contributed by atoms with Crippen molar-refractivity contribution in [2.75, 3.05) is 0 Å². The predicted octanol–water partition coefficient (Wildman–Crippen LogP) is 1.89. The molecule has 0 heterocycles. The third kappa shape index (κ3) is 4.13. The van der Waals surface area contributed by atoms with Crippen molar-refractivity contribution in [1.82, 2.24) is 4.72 Å². The lowest BCUT2D eigenvalue weighted by atomic mass is 10.2. The zero-order chi connectivity index (χ0) is 13.9. The van der Waals surface area contributed by atoms with Crippen LogP contribution in [-0.2, 0) is 20.6 Å². The molecule has 0 aliphatic rings. The van der Waals surface area contributed by atoms with E-state index >= 15 is 0 Å². The van der Waals surface area contributed by atoms with Crippen LogP contribution in [0.5, 0.6) is 0 Å². The molecule has 0 saturated heterocycles. The normalized spacial score (nSPS) is 13.3. The summed E-state index contributed by atoms with van der Waals surface area (Å²) >= 11 is 11.7. The molecule has 0 aliphatic carbocycles. The Labute approximate surface area is 115 Å².